The Labute approximate surface area is 123 Å². The SMILES string of the molecule is NC(CC1CCC(NC(=O)c2ccccn2)CC1)C(=O)O. The Morgan fingerprint density at radius 3 is 2.62 bits per heavy atom. The topological polar surface area (TPSA) is 105 Å². The van der Waals surface area contributed by atoms with Gasteiger partial charge in [0.2, 0.25) is 0 Å². The average molecular weight is 291 g/mol. The van der Waals surface area contributed by atoms with Gasteiger partial charge in [-0.15, -0.1) is 0 Å². The molecule has 1 aromatic heterocycles. The van der Waals surface area contributed by atoms with Crippen LogP contribution in [0.1, 0.15) is 42.6 Å². The van der Waals surface area contributed by atoms with Gasteiger partial charge in [-0.2, -0.15) is 0 Å². The van der Waals surface area contributed by atoms with Crippen molar-refractivity contribution in [2.45, 2.75) is 44.2 Å². The molecular formula is C15H21N3O3. The van der Waals surface area contributed by atoms with Gasteiger partial charge in [-0.05, 0) is 50.2 Å². The van der Waals surface area contributed by atoms with E-state index in [1.165, 1.54) is 0 Å². The van der Waals surface area contributed by atoms with Gasteiger partial charge in [0, 0.05) is 12.2 Å². The minimum atomic E-state index is -0.944. The highest BCUT2D eigenvalue weighted by Crippen LogP contribution is 2.27. The van der Waals surface area contributed by atoms with Gasteiger partial charge in [-0.25, -0.2) is 0 Å². The second kappa shape index (κ2) is 7.17. The van der Waals surface area contributed by atoms with Crippen molar-refractivity contribution >= 4 is 11.9 Å². The maximum atomic E-state index is 12.0. The van der Waals surface area contributed by atoms with Gasteiger partial charge in [0.1, 0.15) is 11.7 Å². The molecule has 1 aromatic rings. The number of nitrogens with zero attached hydrogens (tertiary/aromatic N) is 1. The number of carboxylic acid groups (broad SMARTS) is 1. The Bertz CT molecular complexity index is 484. The first-order chi connectivity index (χ1) is 10.1. The third kappa shape index (κ3) is 4.53. The van der Waals surface area contributed by atoms with Gasteiger partial charge in [0.15, 0.2) is 0 Å². The van der Waals surface area contributed by atoms with E-state index in [0.29, 0.717) is 18.0 Å². The number of hydrogen-bond acceptors (Lipinski definition) is 4. The lowest BCUT2D eigenvalue weighted by Crippen LogP contribution is -2.39. The van der Waals surface area contributed by atoms with Crippen molar-refractivity contribution in [3.05, 3.63) is 30.1 Å². The van der Waals surface area contributed by atoms with Gasteiger partial charge >= 0.3 is 5.97 Å². The van der Waals surface area contributed by atoms with Crippen LogP contribution in [0.2, 0.25) is 0 Å². The lowest BCUT2D eigenvalue weighted by atomic mass is 9.82. The maximum absolute atomic E-state index is 12.0. The first-order valence-electron chi connectivity index (χ1n) is 7.26. The molecule has 4 N–H and O–H groups in total. The molecule has 1 amide bonds. The fraction of sp³-hybridized carbons (Fsp3) is 0.533. The quantitative estimate of drug-likeness (QED) is 0.755. The molecule has 6 heteroatoms. The van der Waals surface area contributed by atoms with Gasteiger partial charge in [0.05, 0.1) is 0 Å². The predicted octanol–water partition coefficient (Wildman–Crippen LogP) is 1.17. The van der Waals surface area contributed by atoms with E-state index in [9.17, 15) is 9.59 Å². The largest absolute Gasteiger partial charge is 0.480 e. The van der Waals surface area contributed by atoms with E-state index in [1.54, 1.807) is 24.4 Å². The third-order valence-electron chi connectivity index (χ3n) is 3.98. The van der Waals surface area contributed by atoms with Crippen LogP contribution in [0.5, 0.6) is 0 Å². The molecule has 6 nitrogen and oxygen atoms in total. The van der Waals surface area contributed by atoms with Crippen molar-refractivity contribution in [2.75, 3.05) is 0 Å². The molecule has 2 rings (SSSR count). The first kappa shape index (κ1) is 15.4. The van der Waals surface area contributed by atoms with Crippen LogP contribution in [0.3, 0.4) is 0 Å². The highest BCUT2D eigenvalue weighted by Gasteiger charge is 2.26. The number of carbonyl (C=O) groups excluding carboxylic acids is 1. The van der Waals surface area contributed by atoms with Crippen molar-refractivity contribution in [3.63, 3.8) is 0 Å². The van der Waals surface area contributed by atoms with Crippen LogP contribution in [0.4, 0.5) is 0 Å². The summed E-state index contributed by atoms with van der Waals surface area (Å²) in [5.74, 6) is -0.763. The molecule has 114 valence electrons. The second-order valence-electron chi connectivity index (χ2n) is 5.59. The molecule has 0 saturated heterocycles. The van der Waals surface area contributed by atoms with E-state index < -0.39 is 12.0 Å². The summed E-state index contributed by atoms with van der Waals surface area (Å²) in [6.07, 6.45) is 5.61. The summed E-state index contributed by atoms with van der Waals surface area (Å²) in [5, 5.41) is 11.8. The van der Waals surface area contributed by atoms with Gasteiger partial charge in [-0.1, -0.05) is 6.07 Å². The van der Waals surface area contributed by atoms with E-state index in [-0.39, 0.29) is 11.9 Å². The number of nitrogens with two attached hydrogens (primary N) is 1. The van der Waals surface area contributed by atoms with Crippen molar-refractivity contribution in [1.82, 2.24) is 10.3 Å². The number of carboxylic acids is 1. The zero-order chi connectivity index (χ0) is 15.2. The average Bonchev–Trinajstić information content (AvgIpc) is 2.50. The van der Waals surface area contributed by atoms with E-state index in [1.807, 2.05) is 0 Å². The smallest absolute Gasteiger partial charge is 0.320 e. The predicted molar refractivity (Wildman–Crippen MR) is 77.7 cm³/mol. The normalized spacial score (nSPS) is 23.3. The Morgan fingerprint density at radius 1 is 1.33 bits per heavy atom. The molecule has 1 aliphatic carbocycles. The minimum absolute atomic E-state index is 0.136. The summed E-state index contributed by atoms with van der Waals surface area (Å²) in [4.78, 5) is 26.8. The summed E-state index contributed by atoms with van der Waals surface area (Å²) in [7, 11) is 0. The van der Waals surface area contributed by atoms with Crippen LogP contribution < -0.4 is 11.1 Å². The summed E-state index contributed by atoms with van der Waals surface area (Å²) in [6.45, 7) is 0. The molecule has 1 aliphatic rings. The van der Waals surface area contributed by atoms with Crippen molar-refractivity contribution in [1.29, 1.82) is 0 Å². The summed E-state index contributed by atoms with van der Waals surface area (Å²) in [6, 6.07) is 4.60. The number of aromatic nitrogens is 1. The molecule has 21 heavy (non-hydrogen) atoms. The lowest BCUT2D eigenvalue weighted by molar-refractivity contribution is -0.139. The zero-order valence-electron chi connectivity index (χ0n) is 11.9. The van der Waals surface area contributed by atoms with Crippen LogP contribution >= 0.6 is 0 Å². The van der Waals surface area contributed by atoms with E-state index >= 15 is 0 Å². The molecule has 1 fully saturated rings. The highest BCUT2D eigenvalue weighted by molar-refractivity contribution is 5.92. The number of nitrogens with one attached hydrogen (secondary N) is 1. The number of carbonyl (C=O) groups is 2. The molecule has 1 heterocycles. The van der Waals surface area contributed by atoms with Crippen molar-refractivity contribution in [2.24, 2.45) is 11.7 Å². The van der Waals surface area contributed by atoms with Crippen LogP contribution in [-0.4, -0.2) is 34.1 Å². The van der Waals surface area contributed by atoms with Crippen molar-refractivity contribution in [3.8, 4) is 0 Å². The molecule has 1 unspecified atom stereocenters. The Balaban J connectivity index is 1.77. The lowest BCUT2D eigenvalue weighted by Gasteiger charge is -2.29. The summed E-state index contributed by atoms with van der Waals surface area (Å²) >= 11 is 0. The van der Waals surface area contributed by atoms with Crippen LogP contribution in [0, 0.1) is 5.92 Å². The van der Waals surface area contributed by atoms with Crippen molar-refractivity contribution < 1.29 is 14.7 Å². The molecule has 0 aromatic carbocycles. The molecular weight excluding hydrogens is 270 g/mol. The second-order valence-corrected chi connectivity index (χ2v) is 5.59. The minimum Gasteiger partial charge on any atom is -0.480 e. The maximum Gasteiger partial charge on any atom is 0.320 e. The summed E-state index contributed by atoms with van der Waals surface area (Å²) < 4.78 is 0. The fourth-order valence-corrected chi connectivity index (χ4v) is 2.76. The number of pyridine rings is 1. The Morgan fingerprint density at radius 2 is 2.05 bits per heavy atom. The molecule has 0 spiro atoms. The van der Waals surface area contributed by atoms with Crippen LogP contribution in [0.25, 0.3) is 0 Å². The van der Waals surface area contributed by atoms with Gasteiger partial charge in [-0.3, -0.25) is 14.6 Å². The molecule has 0 radical (unpaired) electrons. The zero-order valence-corrected chi connectivity index (χ0v) is 11.9. The van der Waals surface area contributed by atoms with E-state index in [0.717, 1.165) is 25.7 Å². The number of rotatable bonds is 5. The number of hydrogen-bond donors (Lipinski definition) is 3. The van der Waals surface area contributed by atoms with Gasteiger partial charge < -0.3 is 16.2 Å². The van der Waals surface area contributed by atoms with Crippen LogP contribution in [-0.2, 0) is 4.79 Å². The molecule has 0 bridgehead atoms. The number of aliphatic carboxylic acids is 1. The Hall–Kier alpha value is -1.95. The monoisotopic (exact) mass is 291 g/mol. The third-order valence-corrected chi connectivity index (χ3v) is 3.98. The van der Waals surface area contributed by atoms with E-state index in [2.05, 4.69) is 10.3 Å². The molecule has 1 saturated carbocycles. The first-order valence-corrected chi connectivity index (χ1v) is 7.26. The number of amides is 1. The molecule has 0 aliphatic heterocycles. The van der Waals surface area contributed by atoms with E-state index in [4.69, 9.17) is 10.8 Å². The van der Waals surface area contributed by atoms with Gasteiger partial charge in [0.25, 0.3) is 5.91 Å². The Kier molecular flexibility index (Phi) is 5.27. The molecule has 1 atom stereocenters. The summed E-state index contributed by atoms with van der Waals surface area (Å²) in [5.41, 5.74) is 5.98. The fourth-order valence-electron chi connectivity index (χ4n) is 2.76. The standard InChI is InChI=1S/C15H21N3O3/c16-12(15(20)21)9-10-4-6-11(7-5-10)18-14(19)13-3-1-2-8-17-13/h1-3,8,10-12H,4-7,9,16H2,(H,18,19)(H,20,21). The van der Waals surface area contributed by atoms with Crippen LogP contribution in [0.15, 0.2) is 24.4 Å². The highest BCUT2D eigenvalue weighted by atomic mass is 16.4.